The molecule has 1 aliphatic heterocycles. The predicted molar refractivity (Wildman–Crippen MR) is 85.8 cm³/mol. The highest BCUT2D eigenvalue weighted by molar-refractivity contribution is 6.30. The molecular formula is C13H22Cl3N3. The maximum Gasteiger partial charge on any atom is 0.133 e. The second-order valence-corrected chi connectivity index (χ2v) is 4.83. The Bertz CT molecular complexity index is 357. The maximum atomic E-state index is 6.22. The lowest BCUT2D eigenvalue weighted by atomic mass is 10.0. The number of hydrogen-bond acceptors (Lipinski definition) is 3. The first-order valence-corrected chi connectivity index (χ1v) is 6.76. The Kier molecular flexibility index (Phi) is 9.75. The van der Waals surface area contributed by atoms with Gasteiger partial charge in [-0.05, 0) is 12.5 Å². The maximum absolute atomic E-state index is 6.22. The molecule has 1 atom stereocenters. The van der Waals surface area contributed by atoms with Crippen LogP contribution < -0.4 is 5.32 Å². The Balaban J connectivity index is 0.00000162. The zero-order chi connectivity index (χ0) is 12.1. The number of halogens is 3. The van der Waals surface area contributed by atoms with Gasteiger partial charge in [0.25, 0.3) is 0 Å². The van der Waals surface area contributed by atoms with E-state index < -0.39 is 0 Å². The highest BCUT2D eigenvalue weighted by atomic mass is 35.5. The molecule has 1 saturated heterocycles. The van der Waals surface area contributed by atoms with Gasteiger partial charge < -0.3 is 5.32 Å². The molecule has 1 fully saturated rings. The molecule has 1 aromatic rings. The van der Waals surface area contributed by atoms with Gasteiger partial charge >= 0.3 is 0 Å². The molecule has 0 amide bonds. The van der Waals surface area contributed by atoms with Crippen LogP contribution >= 0.6 is 36.4 Å². The van der Waals surface area contributed by atoms with Crippen molar-refractivity contribution in [1.82, 2.24) is 15.2 Å². The van der Waals surface area contributed by atoms with E-state index in [9.17, 15) is 0 Å². The quantitative estimate of drug-likeness (QED) is 0.860. The first-order chi connectivity index (χ1) is 8.33. The van der Waals surface area contributed by atoms with Crippen molar-refractivity contribution in [3.8, 4) is 0 Å². The number of nitrogens with one attached hydrogen (secondary N) is 1. The third kappa shape index (κ3) is 5.09. The average molecular weight is 327 g/mol. The Morgan fingerprint density at radius 1 is 1.37 bits per heavy atom. The molecule has 1 N–H and O–H groups in total. The summed E-state index contributed by atoms with van der Waals surface area (Å²) in [5.41, 5.74) is 1.18. The minimum atomic E-state index is 0. The van der Waals surface area contributed by atoms with Crippen LogP contribution in [0.5, 0.6) is 0 Å². The van der Waals surface area contributed by atoms with Gasteiger partial charge in [-0.2, -0.15) is 0 Å². The first kappa shape index (κ1) is 18.9. The molecular weight excluding hydrogens is 305 g/mol. The van der Waals surface area contributed by atoms with Crippen molar-refractivity contribution in [1.29, 1.82) is 0 Å². The van der Waals surface area contributed by atoms with Crippen molar-refractivity contribution in [2.45, 2.75) is 25.8 Å². The van der Waals surface area contributed by atoms with Gasteiger partial charge in [0.05, 0.1) is 0 Å². The molecule has 1 aliphatic rings. The zero-order valence-electron chi connectivity index (χ0n) is 11.1. The van der Waals surface area contributed by atoms with Crippen LogP contribution in [0.2, 0.25) is 5.15 Å². The second-order valence-electron chi connectivity index (χ2n) is 4.47. The molecule has 3 nitrogen and oxygen atoms in total. The van der Waals surface area contributed by atoms with E-state index in [1.165, 1.54) is 12.0 Å². The predicted octanol–water partition coefficient (Wildman–Crippen LogP) is 3.33. The SMILES string of the molecule is CCC[C@@H](c1cccnc1Cl)N1CCNCC1.Cl.Cl. The molecule has 0 aliphatic carbocycles. The summed E-state index contributed by atoms with van der Waals surface area (Å²) in [5, 5.41) is 4.04. The smallest absolute Gasteiger partial charge is 0.133 e. The van der Waals surface area contributed by atoms with E-state index >= 15 is 0 Å². The minimum Gasteiger partial charge on any atom is -0.314 e. The van der Waals surface area contributed by atoms with E-state index in [1.807, 2.05) is 6.07 Å². The van der Waals surface area contributed by atoms with Crippen LogP contribution in [0.25, 0.3) is 0 Å². The van der Waals surface area contributed by atoms with Gasteiger partial charge in [-0.15, -0.1) is 24.8 Å². The summed E-state index contributed by atoms with van der Waals surface area (Å²) in [5.74, 6) is 0. The average Bonchev–Trinajstić information content (AvgIpc) is 2.38. The van der Waals surface area contributed by atoms with E-state index in [1.54, 1.807) is 6.20 Å². The third-order valence-corrected chi connectivity index (χ3v) is 3.62. The second kappa shape index (κ2) is 9.78. The normalized spacial score (nSPS) is 17.2. The van der Waals surface area contributed by atoms with Gasteiger partial charge in [0.2, 0.25) is 0 Å². The van der Waals surface area contributed by atoms with Crippen molar-refractivity contribution in [3.05, 3.63) is 29.0 Å². The molecule has 110 valence electrons. The third-order valence-electron chi connectivity index (χ3n) is 3.30. The monoisotopic (exact) mass is 325 g/mol. The van der Waals surface area contributed by atoms with E-state index in [0.29, 0.717) is 11.2 Å². The van der Waals surface area contributed by atoms with Crippen LogP contribution in [0.4, 0.5) is 0 Å². The van der Waals surface area contributed by atoms with Crippen molar-refractivity contribution >= 4 is 36.4 Å². The fraction of sp³-hybridized carbons (Fsp3) is 0.615. The van der Waals surface area contributed by atoms with Crippen molar-refractivity contribution in [2.75, 3.05) is 26.2 Å². The van der Waals surface area contributed by atoms with Crippen molar-refractivity contribution in [3.63, 3.8) is 0 Å². The standard InChI is InChI=1S/C13H20ClN3.2ClH/c1-2-4-12(17-9-7-15-8-10-17)11-5-3-6-16-13(11)14;;/h3,5-6,12,15H,2,4,7-10H2,1H3;2*1H/t12-;;/m0../s1. The lowest BCUT2D eigenvalue weighted by Crippen LogP contribution is -2.45. The van der Waals surface area contributed by atoms with Crippen LogP contribution in [-0.2, 0) is 0 Å². The van der Waals surface area contributed by atoms with Crippen LogP contribution in [0, 0.1) is 0 Å². The van der Waals surface area contributed by atoms with Gasteiger partial charge in [-0.25, -0.2) is 4.98 Å². The molecule has 0 bridgehead atoms. The van der Waals surface area contributed by atoms with E-state index in [2.05, 4.69) is 28.2 Å². The van der Waals surface area contributed by atoms with Crippen LogP contribution in [-0.4, -0.2) is 36.1 Å². The highest BCUT2D eigenvalue weighted by Crippen LogP contribution is 2.29. The number of aromatic nitrogens is 1. The van der Waals surface area contributed by atoms with E-state index in [4.69, 9.17) is 11.6 Å². The van der Waals surface area contributed by atoms with Crippen LogP contribution in [0.1, 0.15) is 31.4 Å². The van der Waals surface area contributed by atoms with Crippen LogP contribution in [0.3, 0.4) is 0 Å². The lowest BCUT2D eigenvalue weighted by molar-refractivity contribution is 0.164. The largest absolute Gasteiger partial charge is 0.314 e. The molecule has 6 heteroatoms. The molecule has 0 unspecified atom stereocenters. The molecule has 1 aromatic heterocycles. The molecule has 0 radical (unpaired) electrons. The highest BCUT2D eigenvalue weighted by Gasteiger charge is 2.23. The number of rotatable bonds is 4. The fourth-order valence-corrected chi connectivity index (χ4v) is 2.69. The Hall–Kier alpha value is -0.0600. The fourth-order valence-electron chi connectivity index (χ4n) is 2.45. The van der Waals surface area contributed by atoms with Crippen LogP contribution in [0.15, 0.2) is 18.3 Å². The molecule has 0 aromatic carbocycles. The summed E-state index contributed by atoms with van der Waals surface area (Å²) in [7, 11) is 0. The van der Waals surface area contributed by atoms with Crippen molar-refractivity contribution in [2.24, 2.45) is 0 Å². The van der Waals surface area contributed by atoms with E-state index in [-0.39, 0.29) is 24.8 Å². The van der Waals surface area contributed by atoms with Crippen molar-refractivity contribution < 1.29 is 0 Å². The topological polar surface area (TPSA) is 28.2 Å². The molecule has 0 spiro atoms. The number of hydrogen-bond donors (Lipinski definition) is 1. The summed E-state index contributed by atoms with van der Waals surface area (Å²) in [6, 6.07) is 4.51. The van der Waals surface area contributed by atoms with Gasteiger partial charge in [0.15, 0.2) is 0 Å². The van der Waals surface area contributed by atoms with Gasteiger partial charge in [-0.3, -0.25) is 4.90 Å². The zero-order valence-corrected chi connectivity index (χ0v) is 13.5. The number of nitrogens with zero attached hydrogens (tertiary/aromatic N) is 2. The van der Waals surface area contributed by atoms with Gasteiger partial charge in [0, 0.05) is 44.0 Å². The number of pyridine rings is 1. The molecule has 19 heavy (non-hydrogen) atoms. The number of piperazine rings is 1. The minimum absolute atomic E-state index is 0. The summed E-state index contributed by atoms with van der Waals surface area (Å²) < 4.78 is 0. The van der Waals surface area contributed by atoms with E-state index in [0.717, 1.165) is 32.6 Å². The summed E-state index contributed by atoms with van der Waals surface area (Å²) >= 11 is 6.22. The summed E-state index contributed by atoms with van der Waals surface area (Å²) in [6.07, 6.45) is 4.07. The summed E-state index contributed by atoms with van der Waals surface area (Å²) in [6.45, 7) is 6.54. The molecule has 2 heterocycles. The molecule has 0 saturated carbocycles. The summed E-state index contributed by atoms with van der Waals surface area (Å²) in [4.78, 5) is 6.72. The Morgan fingerprint density at radius 2 is 2.05 bits per heavy atom. The first-order valence-electron chi connectivity index (χ1n) is 6.38. The molecule has 2 rings (SSSR count). The van der Waals surface area contributed by atoms with Gasteiger partial charge in [0.1, 0.15) is 5.15 Å². The van der Waals surface area contributed by atoms with Gasteiger partial charge in [-0.1, -0.05) is 31.0 Å². The Labute approximate surface area is 132 Å². The lowest BCUT2D eigenvalue weighted by Gasteiger charge is -2.35. The Morgan fingerprint density at radius 3 is 2.63 bits per heavy atom.